The highest BCUT2D eigenvalue weighted by Crippen LogP contribution is 2.42. The van der Waals surface area contributed by atoms with Gasteiger partial charge in [-0.2, -0.15) is 0 Å². The lowest BCUT2D eigenvalue weighted by molar-refractivity contribution is 0.0485. The lowest BCUT2D eigenvalue weighted by atomic mass is 10.1. The number of methoxy groups -OCH3 is 1. The molecule has 2 bridgehead atoms. The van der Waals surface area contributed by atoms with E-state index in [4.69, 9.17) is 24.2 Å². The Hall–Kier alpha value is -5.59. The van der Waals surface area contributed by atoms with Crippen molar-refractivity contribution in [2.24, 2.45) is 17.8 Å². The number of fused-ring (bicyclic) bond motifs is 4. The molecule has 9 rings (SSSR count). The summed E-state index contributed by atoms with van der Waals surface area (Å²) in [5.41, 5.74) is 4.19. The van der Waals surface area contributed by atoms with Gasteiger partial charge >= 0.3 is 12.2 Å². The van der Waals surface area contributed by atoms with Crippen molar-refractivity contribution >= 4 is 40.2 Å². The second kappa shape index (κ2) is 14.7. The number of carbonyl (C=O) groups excluding carboxylic acids is 3. The Labute approximate surface area is 332 Å². The third kappa shape index (κ3) is 7.39. The number of rotatable bonds is 10. The first-order valence-corrected chi connectivity index (χ1v) is 20.3. The van der Waals surface area contributed by atoms with Crippen molar-refractivity contribution in [3.8, 4) is 17.3 Å². The zero-order chi connectivity index (χ0) is 39.4. The van der Waals surface area contributed by atoms with Crippen LogP contribution in [-0.4, -0.2) is 91.4 Å². The van der Waals surface area contributed by atoms with E-state index in [0.29, 0.717) is 48.9 Å². The number of hydrogen-bond donors (Lipinski definition) is 1. The van der Waals surface area contributed by atoms with Crippen LogP contribution < -0.4 is 10.1 Å². The summed E-state index contributed by atoms with van der Waals surface area (Å²) in [7, 11) is 1.63. The summed E-state index contributed by atoms with van der Waals surface area (Å²) >= 11 is 0. The number of carbonyl (C=O) groups is 3. The number of nitrogens with zero attached hydrogens (tertiary/aromatic N) is 6. The van der Waals surface area contributed by atoms with Crippen molar-refractivity contribution in [1.82, 2.24) is 34.2 Å². The highest BCUT2D eigenvalue weighted by atomic mass is 16.6. The number of pyridine rings is 1. The van der Waals surface area contributed by atoms with E-state index in [9.17, 15) is 14.4 Å². The van der Waals surface area contributed by atoms with E-state index in [1.807, 2.05) is 80.4 Å². The minimum absolute atomic E-state index is 0.109. The molecule has 0 radical (unpaired) electrons. The molecule has 13 nitrogen and oxygen atoms in total. The van der Waals surface area contributed by atoms with Crippen LogP contribution in [0, 0.1) is 17.8 Å². The van der Waals surface area contributed by atoms with Gasteiger partial charge in [-0.3, -0.25) is 4.79 Å². The molecule has 2 saturated carbocycles. The van der Waals surface area contributed by atoms with E-state index in [2.05, 4.69) is 26.6 Å². The number of alkyl carbamates (subject to hydrolysis) is 1. The maximum Gasteiger partial charge on any atom is 0.410 e. The van der Waals surface area contributed by atoms with Gasteiger partial charge in [-0.1, -0.05) is 30.3 Å². The Morgan fingerprint density at radius 3 is 2.47 bits per heavy atom. The number of likely N-dealkylation sites (tertiary alicyclic amines) is 2. The van der Waals surface area contributed by atoms with E-state index in [1.54, 1.807) is 12.0 Å². The first-order valence-electron chi connectivity index (χ1n) is 20.3. The molecule has 57 heavy (non-hydrogen) atoms. The van der Waals surface area contributed by atoms with Crippen LogP contribution in [0.4, 0.5) is 9.59 Å². The number of amides is 3. The van der Waals surface area contributed by atoms with Crippen molar-refractivity contribution in [3.05, 3.63) is 78.0 Å². The van der Waals surface area contributed by atoms with Crippen LogP contribution in [0.1, 0.15) is 68.8 Å². The van der Waals surface area contributed by atoms with E-state index in [1.165, 1.54) is 12.8 Å². The number of hydrogen-bond acceptors (Lipinski definition) is 8. The van der Waals surface area contributed by atoms with Crippen molar-refractivity contribution in [2.45, 2.75) is 90.3 Å². The summed E-state index contributed by atoms with van der Waals surface area (Å²) in [5, 5.41) is 4.12. The number of ether oxygens (including phenoxy) is 3. The van der Waals surface area contributed by atoms with Crippen molar-refractivity contribution in [3.63, 3.8) is 0 Å². The van der Waals surface area contributed by atoms with Gasteiger partial charge in [-0.25, -0.2) is 19.6 Å². The van der Waals surface area contributed by atoms with Gasteiger partial charge in [0, 0.05) is 49.9 Å². The molecule has 5 heterocycles. The highest BCUT2D eigenvalue weighted by Gasteiger charge is 2.50. The van der Waals surface area contributed by atoms with Crippen LogP contribution >= 0.6 is 0 Å². The summed E-state index contributed by atoms with van der Waals surface area (Å²) < 4.78 is 21.9. The second-order valence-electron chi connectivity index (χ2n) is 17.3. The zero-order valence-corrected chi connectivity index (χ0v) is 33.1. The Kier molecular flexibility index (Phi) is 9.56. The average Bonchev–Trinajstić information content (AvgIpc) is 3.53. The van der Waals surface area contributed by atoms with Gasteiger partial charge in [0.15, 0.2) is 5.82 Å². The van der Waals surface area contributed by atoms with Gasteiger partial charge in [-0.15, -0.1) is 0 Å². The molecule has 5 aromatic rings. The van der Waals surface area contributed by atoms with Gasteiger partial charge in [0.25, 0.3) is 5.91 Å². The summed E-state index contributed by atoms with van der Waals surface area (Å²) in [6, 6.07) is 19.4. The van der Waals surface area contributed by atoms with Crippen molar-refractivity contribution < 1.29 is 28.6 Å². The van der Waals surface area contributed by atoms with Gasteiger partial charge < -0.3 is 38.5 Å². The Bertz CT molecular complexity index is 2330. The molecule has 2 aliphatic carbocycles. The molecule has 2 aliphatic heterocycles. The molecule has 13 heteroatoms. The quantitative estimate of drug-likeness (QED) is 0.157. The summed E-state index contributed by atoms with van der Waals surface area (Å²) in [4.78, 5) is 54.2. The topological polar surface area (TPSA) is 133 Å². The smallest absolute Gasteiger partial charge is 0.410 e. The predicted octanol–water partition coefficient (Wildman–Crippen LogP) is 7.26. The molecule has 2 unspecified atom stereocenters. The summed E-state index contributed by atoms with van der Waals surface area (Å²) in [6.07, 6.45) is 6.00. The molecular weight excluding hydrogens is 723 g/mol. The van der Waals surface area contributed by atoms with Gasteiger partial charge in [0.2, 0.25) is 0 Å². The molecule has 3 amide bonds. The summed E-state index contributed by atoms with van der Waals surface area (Å²) in [5.74, 6) is 2.10. The SMILES string of the molecule is COc1cc(C(=O)N2CC3CCC2[C@@H]3NC(=O)OC(C)(C)C)cc2nc(-c3cc4cccnc4n3CC3CC3)n(C[C@H]3CCN(C(=O)OCc4ccccc4)C3)c12. The normalized spacial score (nSPS) is 21.8. The average molecular weight is 774 g/mol. The molecule has 2 saturated heterocycles. The number of benzene rings is 2. The van der Waals surface area contributed by atoms with Gasteiger partial charge in [-0.05, 0) is 107 Å². The monoisotopic (exact) mass is 773 g/mol. The predicted molar refractivity (Wildman–Crippen MR) is 215 cm³/mol. The number of imidazole rings is 1. The molecule has 4 fully saturated rings. The number of aromatic nitrogens is 4. The zero-order valence-electron chi connectivity index (χ0n) is 33.1. The number of nitrogens with one attached hydrogen (secondary N) is 1. The van der Waals surface area contributed by atoms with Crippen molar-refractivity contribution in [2.75, 3.05) is 26.7 Å². The molecule has 3 aromatic heterocycles. The van der Waals surface area contributed by atoms with Crippen LogP contribution in [0.3, 0.4) is 0 Å². The first kappa shape index (κ1) is 37.0. The maximum atomic E-state index is 14.4. The van der Waals surface area contributed by atoms with Crippen molar-refractivity contribution in [1.29, 1.82) is 0 Å². The fourth-order valence-corrected chi connectivity index (χ4v) is 9.17. The minimum atomic E-state index is -0.611. The molecule has 4 aliphatic rings. The largest absolute Gasteiger partial charge is 0.494 e. The van der Waals surface area contributed by atoms with Crippen LogP contribution in [0.5, 0.6) is 5.75 Å². The number of piperidine rings is 1. The second-order valence-corrected chi connectivity index (χ2v) is 17.3. The van der Waals surface area contributed by atoms with Crippen LogP contribution in [0.15, 0.2) is 66.9 Å². The highest BCUT2D eigenvalue weighted by molar-refractivity contribution is 6.00. The third-order valence-corrected chi connectivity index (χ3v) is 12.0. The lowest BCUT2D eigenvalue weighted by Crippen LogP contribution is -2.46. The Morgan fingerprint density at radius 2 is 1.70 bits per heavy atom. The lowest BCUT2D eigenvalue weighted by Gasteiger charge is -2.28. The van der Waals surface area contributed by atoms with E-state index in [0.717, 1.165) is 59.4 Å². The molecule has 298 valence electrons. The van der Waals surface area contributed by atoms with E-state index in [-0.39, 0.29) is 42.5 Å². The van der Waals surface area contributed by atoms with Crippen LogP contribution in [-0.2, 0) is 29.2 Å². The molecule has 2 aromatic carbocycles. The maximum absolute atomic E-state index is 14.4. The van der Waals surface area contributed by atoms with Gasteiger partial charge in [0.05, 0.1) is 30.4 Å². The molecule has 1 N–H and O–H groups in total. The van der Waals surface area contributed by atoms with E-state index >= 15 is 0 Å². The van der Waals surface area contributed by atoms with E-state index < -0.39 is 11.7 Å². The Morgan fingerprint density at radius 1 is 0.895 bits per heavy atom. The minimum Gasteiger partial charge on any atom is -0.494 e. The fourth-order valence-electron chi connectivity index (χ4n) is 9.17. The van der Waals surface area contributed by atoms with Crippen LogP contribution in [0.2, 0.25) is 0 Å². The van der Waals surface area contributed by atoms with Gasteiger partial charge in [0.1, 0.15) is 29.1 Å². The fraction of sp³-hybridized carbons (Fsp3) is 0.477. The molecule has 4 atom stereocenters. The molecular formula is C44H51N7O6. The summed E-state index contributed by atoms with van der Waals surface area (Å²) in [6.45, 7) is 8.91. The van der Waals surface area contributed by atoms with Crippen LogP contribution in [0.25, 0.3) is 33.6 Å². The first-order chi connectivity index (χ1) is 27.5. The molecule has 0 spiro atoms. The Balaban J connectivity index is 1.04. The standard InChI is InChI=1S/C44H51N7O6/c1-44(2,3)57-42(53)47-37-31-14-15-34(37)50(25-31)41(52)32-19-33-38(36(21-32)55-4)51(24-29-16-18-48(22-29)43(54)56-26-28-9-6-5-7-10-28)40(46-33)35-20-30-11-8-17-45-39(30)49(35)23-27-12-13-27/h5-11,17,19-21,27,29,31,34,37H,12-16,18,22-26H2,1-4H3,(H,47,53)/t29-,31?,34?,37+/m0/s1. The third-order valence-electron chi connectivity index (χ3n) is 12.0.